The molecule has 3 rings (SSSR count). The second kappa shape index (κ2) is 14.7. The number of carbonyl (C=O) groups excluding carboxylic acids is 1. The number of aryl methyl sites for hydroxylation is 1. The van der Waals surface area contributed by atoms with Crippen LogP contribution in [0.2, 0.25) is 5.02 Å². The summed E-state index contributed by atoms with van der Waals surface area (Å²) in [6, 6.07) is 9.11. The van der Waals surface area contributed by atoms with E-state index in [2.05, 4.69) is 36.4 Å². The Morgan fingerprint density at radius 1 is 1.14 bits per heavy atom. The molecule has 1 aromatic carbocycles. The lowest BCUT2D eigenvalue weighted by Gasteiger charge is -2.21. The van der Waals surface area contributed by atoms with E-state index >= 15 is 0 Å². The SMILES string of the molecule is CCCCc1cc(N[C@@H](CC(C)C)C(=O)NCCCOCC)nc(-n2cnc(-c3ccc(Cl)cc3)c2)n1. The molecular formula is C28H39ClN6O2. The van der Waals surface area contributed by atoms with Gasteiger partial charge in [0, 0.05) is 48.3 Å². The number of nitrogens with one attached hydrogen (secondary N) is 2. The Kier molecular flexibility index (Phi) is 11.4. The normalized spacial score (nSPS) is 12.1. The molecule has 0 spiro atoms. The number of ether oxygens (including phenoxy) is 1. The van der Waals surface area contributed by atoms with E-state index in [9.17, 15) is 4.79 Å². The molecule has 2 aromatic heterocycles. The molecule has 1 amide bonds. The van der Waals surface area contributed by atoms with Gasteiger partial charge in [0.25, 0.3) is 0 Å². The molecule has 2 N–H and O–H groups in total. The Hall–Kier alpha value is -2.97. The average molecular weight is 527 g/mol. The highest BCUT2D eigenvalue weighted by Crippen LogP contribution is 2.22. The molecule has 0 aliphatic carbocycles. The number of halogens is 1. The van der Waals surface area contributed by atoms with Crippen molar-refractivity contribution in [3.05, 3.63) is 53.6 Å². The van der Waals surface area contributed by atoms with Gasteiger partial charge >= 0.3 is 0 Å². The molecule has 9 heteroatoms. The minimum Gasteiger partial charge on any atom is -0.382 e. The molecule has 0 unspecified atom stereocenters. The van der Waals surface area contributed by atoms with E-state index in [1.54, 1.807) is 6.33 Å². The molecule has 200 valence electrons. The lowest BCUT2D eigenvalue weighted by atomic mass is 10.0. The van der Waals surface area contributed by atoms with Crippen LogP contribution >= 0.6 is 11.6 Å². The second-order valence-electron chi connectivity index (χ2n) is 9.49. The molecule has 8 nitrogen and oxygen atoms in total. The van der Waals surface area contributed by atoms with Crippen molar-refractivity contribution in [3.8, 4) is 17.2 Å². The fourth-order valence-corrected chi connectivity index (χ4v) is 4.02. The largest absolute Gasteiger partial charge is 0.382 e. The van der Waals surface area contributed by atoms with Crippen molar-refractivity contribution in [1.29, 1.82) is 0 Å². The molecule has 1 atom stereocenters. The van der Waals surface area contributed by atoms with E-state index in [0.29, 0.717) is 48.9 Å². The van der Waals surface area contributed by atoms with Crippen LogP contribution in [0, 0.1) is 5.92 Å². The van der Waals surface area contributed by atoms with E-state index in [-0.39, 0.29) is 5.91 Å². The summed E-state index contributed by atoms with van der Waals surface area (Å²) >= 11 is 6.03. The number of aromatic nitrogens is 4. The lowest BCUT2D eigenvalue weighted by molar-refractivity contribution is -0.122. The first kappa shape index (κ1) is 28.6. The number of imidazole rings is 1. The number of rotatable bonds is 15. The van der Waals surface area contributed by atoms with Crippen molar-refractivity contribution in [1.82, 2.24) is 24.8 Å². The number of benzene rings is 1. The summed E-state index contributed by atoms with van der Waals surface area (Å²) in [6.45, 7) is 10.2. The number of amides is 1. The zero-order valence-corrected chi connectivity index (χ0v) is 23.1. The van der Waals surface area contributed by atoms with Gasteiger partial charge in [-0.1, -0.05) is 50.9 Å². The minimum atomic E-state index is -0.402. The van der Waals surface area contributed by atoms with E-state index in [0.717, 1.165) is 42.6 Å². The van der Waals surface area contributed by atoms with E-state index in [1.807, 2.05) is 48.0 Å². The van der Waals surface area contributed by atoms with Crippen LogP contribution in [0.3, 0.4) is 0 Å². The molecule has 0 aliphatic heterocycles. The third kappa shape index (κ3) is 9.13. The van der Waals surface area contributed by atoms with Gasteiger partial charge in [0.15, 0.2) is 0 Å². The van der Waals surface area contributed by atoms with Gasteiger partial charge in [0.2, 0.25) is 11.9 Å². The third-order valence-corrected chi connectivity index (χ3v) is 6.07. The zero-order valence-electron chi connectivity index (χ0n) is 22.3. The highest BCUT2D eigenvalue weighted by atomic mass is 35.5. The van der Waals surface area contributed by atoms with Gasteiger partial charge in [0.1, 0.15) is 18.2 Å². The topological polar surface area (TPSA) is 94.0 Å². The molecule has 2 heterocycles. The monoisotopic (exact) mass is 526 g/mol. The van der Waals surface area contributed by atoms with Gasteiger partial charge in [-0.05, 0) is 50.7 Å². The highest BCUT2D eigenvalue weighted by Gasteiger charge is 2.21. The fraction of sp³-hybridized carbons (Fsp3) is 0.500. The van der Waals surface area contributed by atoms with E-state index < -0.39 is 6.04 Å². The summed E-state index contributed by atoms with van der Waals surface area (Å²) in [5.41, 5.74) is 2.69. The summed E-state index contributed by atoms with van der Waals surface area (Å²) in [7, 11) is 0. The first-order valence-corrected chi connectivity index (χ1v) is 13.6. The van der Waals surface area contributed by atoms with Crippen LogP contribution in [0.1, 0.15) is 59.1 Å². The standard InChI is InChI=1S/C28H39ClN6O2/c1-5-7-9-23-17-26(33-24(16-20(3)4)27(36)30-14-8-15-37-6-2)34-28(32-23)35-18-25(31-19-35)21-10-12-22(29)13-11-21/h10-13,17-20,24H,5-9,14-16H2,1-4H3,(H,30,36)(H,32,33,34)/t24-/m0/s1. The summed E-state index contributed by atoms with van der Waals surface area (Å²) in [6.07, 6.45) is 8.00. The average Bonchev–Trinajstić information content (AvgIpc) is 3.37. The Morgan fingerprint density at radius 2 is 1.92 bits per heavy atom. The molecule has 0 radical (unpaired) electrons. The van der Waals surface area contributed by atoms with Crippen LogP contribution < -0.4 is 10.6 Å². The molecule has 0 fully saturated rings. The number of nitrogens with zero attached hydrogens (tertiary/aromatic N) is 4. The Labute approximate surface area is 225 Å². The van der Waals surface area contributed by atoms with Gasteiger partial charge in [0.05, 0.1) is 5.69 Å². The van der Waals surface area contributed by atoms with Gasteiger partial charge in [-0.2, -0.15) is 4.98 Å². The second-order valence-corrected chi connectivity index (χ2v) is 9.93. The van der Waals surface area contributed by atoms with Gasteiger partial charge in [-0.25, -0.2) is 9.97 Å². The predicted molar refractivity (Wildman–Crippen MR) is 149 cm³/mol. The lowest BCUT2D eigenvalue weighted by Crippen LogP contribution is -2.41. The van der Waals surface area contributed by atoms with E-state index in [4.69, 9.17) is 26.3 Å². The maximum atomic E-state index is 13.0. The van der Waals surface area contributed by atoms with Crippen LogP contribution in [0.25, 0.3) is 17.2 Å². The maximum Gasteiger partial charge on any atom is 0.242 e. The zero-order chi connectivity index (χ0) is 26.6. The van der Waals surface area contributed by atoms with Crippen LogP contribution in [0.4, 0.5) is 5.82 Å². The van der Waals surface area contributed by atoms with Crippen molar-refractivity contribution in [2.24, 2.45) is 5.92 Å². The van der Waals surface area contributed by atoms with Crippen LogP contribution in [-0.2, 0) is 16.0 Å². The van der Waals surface area contributed by atoms with Crippen LogP contribution in [0.15, 0.2) is 42.9 Å². The van der Waals surface area contributed by atoms with Crippen molar-refractivity contribution in [3.63, 3.8) is 0 Å². The minimum absolute atomic E-state index is 0.0341. The number of anilines is 1. The molecule has 0 saturated carbocycles. The Bertz CT molecular complexity index is 1120. The molecule has 0 saturated heterocycles. The number of unbranched alkanes of at least 4 members (excludes halogenated alkanes) is 1. The molecule has 0 aliphatic rings. The number of hydrogen-bond donors (Lipinski definition) is 2. The quantitative estimate of drug-likeness (QED) is 0.247. The smallest absolute Gasteiger partial charge is 0.242 e. The molecule has 3 aromatic rings. The molecular weight excluding hydrogens is 488 g/mol. The van der Waals surface area contributed by atoms with Gasteiger partial charge < -0.3 is 15.4 Å². The molecule has 37 heavy (non-hydrogen) atoms. The summed E-state index contributed by atoms with van der Waals surface area (Å²) < 4.78 is 7.19. The Morgan fingerprint density at radius 3 is 2.62 bits per heavy atom. The third-order valence-electron chi connectivity index (χ3n) is 5.82. The first-order chi connectivity index (χ1) is 17.9. The first-order valence-electron chi connectivity index (χ1n) is 13.2. The summed E-state index contributed by atoms with van der Waals surface area (Å²) in [5.74, 6) is 1.45. The fourth-order valence-electron chi connectivity index (χ4n) is 3.90. The summed E-state index contributed by atoms with van der Waals surface area (Å²) in [4.78, 5) is 27.1. The Balaban J connectivity index is 1.82. The van der Waals surface area contributed by atoms with Gasteiger partial charge in [-0.3, -0.25) is 9.36 Å². The van der Waals surface area contributed by atoms with Crippen LogP contribution in [0.5, 0.6) is 0 Å². The highest BCUT2D eigenvalue weighted by molar-refractivity contribution is 6.30. The maximum absolute atomic E-state index is 13.0. The number of hydrogen-bond acceptors (Lipinski definition) is 6. The van der Waals surface area contributed by atoms with E-state index in [1.165, 1.54) is 0 Å². The van der Waals surface area contributed by atoms with Crippen molar-refractivity contribution >= 4 is 23.3 Å². The van der Waals surface area contributed by atoms with Crippen molar-refractivity contribution < 1.29 is 9.53 Å². The van der Waals surface area contributed by atoms with Gasteiger partial charge in [-0.15, -0.1) is 0 Å². The summed E-state index contributed by atoms with van der Waals surface area (Å²) in [5, 5.41) is 7.11. The van der Waals surface area contributed by atoms with Crippen molar-refractivity contribution in [2.45, 2.75) is 65.8 Å². The van der Waals surface area contributed by atoms with Crippen LogP contribution in [-0.4, -0.2) is 51.2 Å². The molecule has 0 bridgehead atoms. The number of carbonyl (C=O) groups is 1. The van der Waals surface area contributed by atoms with Crippen molar-refractivity contribution in [2.75, 3.05) is 25.1 Å². The predicted octanol–water partition coefficient (Wildman–Crippen LogP) is 5.69.